The second-order valence-electron chi connectivity index (χ2n) is 5.26. The van der Waals surface area contributed by atoms with Crippen molar-refractivity contribution in [3.63, 3.8) is 0 Å². The molecular weight excluding hydrogens is 186 g/mol. The van der Waals surface area contributed by atoms with Gasteiger partial charge in [0.25, 0.3) is 0 Å². The summed E-state index contributed by atoms with van der Waals surface area (Å²) in [5.74, 6) is 0.794. The van der Waals surface area contributed by atoms with Gasteiger partial charge in [-0.25, -0.2) is 0 Å². The van der Waals surface area contributed by atoms with E-state index in [0.29, 0.717) is 6.17 Å². The van der Waals surface area contributed by atoms with Crippen LogP contribution >= 0.6 is 0 Å². The maximum atomic E-state index is 3.52. The first-order chi connectivity index (χ1) is 7.27. The van der Waals surface area contributed by atoms with Crippen molar-refractivity contribution < 1.29 is 0 Å². The van der Waals surface area contributed by atoms with Gasteiger partial charge in [-0.3, -0.25) is 9.80 Å². The molecule has 2 heterocycles. The van der Waals surface area contributed by atoms with Crippen LogP contribution in [0.5, 0.6) is 0 Å². The molecule has 2 aliphatic heterocycles. The third kappa shape index (κ3) is 2.92. The zero-order valence-corrected chi connectivity index (χ0v) is 10.2. The van der Waals surface area contributed by atoms with E-state index in [1.165, 1.54) is 45.4 Å². The van der Waals surface area contributed by atoms with E-state index in [1.54, 1.807) is 0 Å². The molecule has 3 heteroatoms. The molecule has 0 aromatic carbocycles. The highest BCUT2D eigenvalue weighted by molar-refractivity contribution is 4.80. The van der Waals surface area contributed by atoms with Gasteiger partial charge in [-0.05, 0) is 45.3 Å². The molecule has 0 aromatic rings. The molecule has 0 bridgehead atoms. The van der Waals surface area contributed by atoms with Gasteiger partial charge >= 0.3 is 0 Å². The van der Waals surface area contributed by atoms with E-state index in [-0.39, 0.29) is 0 Å². The molecule has 0 saturated carbocycles. The smallest absolute Gasteiger partial charge is 0.0620 e. The number of nitrogens with zero attached hydrogens (tertiary/aromatic N) is 2. The zero-order valence-electron chi connectivity index (χ0n) is 10.2. The lowest BCUT2D eigenvalue weighted by molar-refractivity contribution is 0.0300. The maximum Gasteiger partial charge on any atom is 0.0620 e. The fourth-order valence-corrected chi connectivity index (χ4v) is 2.92. The first kappa shape index (κ1) is 11.4. The van der Waals surface area contributed by atoms with Crippen LogP contribution < -0.4 is 5.32 Å². The Labute approximate surface area is 93.8 Å². The second kappa shape index (κ2) is 5.28. The molecule has 15 heavy (non-hydrogen) atoms. The van der Waals surface area contributed by atoms with Crippen LogP contribution in [0, 0.1) is 5.92 Å². The van der Waals surface area contributed by atoms with E-state index in [9.17, 15) is 0 Å². The number of piperidine rings is 1. The van der Waals surface area contributed by atoms with Crippen molar-refractivity contribution in [2.24, 2.45) is 5.92 Å². The van der Waals surface area contributed by atoms with Crippen LogP contribution in [0.4, 0.5) is 0 Å². The Morgan fingerprint density at radius 1 is 1.20 bits per heavy atom. The monoisotopic (exact) mass is 211 g/mol. The van der Waals surface area contributed by atoms with Crippen LogP contribution in [0.25, 0.3) is 0 Å². The van der Waals surface area contributed by atoms with Gasteiger partial charge in [0.1, 0.15) is 0 Å². The van der Waals surface area contributed by atoms with Crippen molar-refractivity contribution in [3.8, 4) is 0 Å². The van der Waals surface area contributed by atoms with Crippen LogP contribution in [-0.4, -0.2) is 55.7 Å². The molecule has 0 spiro atoms. The molecule has 1 N–H and O–H groups in total. The van der Waals surface area contributed by atoms with Gasteiger partial charge in [-0.1, -0.05) is 6.92 Å². The maximum absolute atomic E-state index is 3.52. The summed E-state index contributed by atoms with van der Waals surface area (Å²) in [6, 6.07) is 0. The highest BCUT2D eigenvalue weighted by Crippen LogP contribution is 2.20. The Morgan fingerprint density at radius 2 is 2.07 bits per heavy atom. The summed E-state index contributed by atoms with van der Waals surface area (Å²) >= 11 is 0. The number of rotatable bonds is 1. The average molecular weight is 211 g/mol. The van der Waals surface area contributed by atoms with Crippen molar-refractivity contribution >= 4 is 0 Å². The van der Waals surface area contributed by atoms with Crippen LogP contribution in [0.1, 0.15) is 26.2 Å². The van der Waals surface area contributed by atoms with E-state index in [1.807, 2.05) is 0 Å². The van der Waals surface area contributed by atoms with Gasteiger partial charge in [-0.15, -0.1) is 0 Å². The molecule has 2 fully saturated rings. The number of nitrogens with one attached hydrogen (secondary N) is 1. The summed E-state index contributed by atoms with van der Waals surface area (Å²) in [4.78, 5) is 5.23. The summed E-state index contributed by atoms with van der Waals surface area (Å²) in [5.41, 5.74) is 0. The van der Waals surface area contributed by atoms with Gasteiger partial charge in [0.05, 0.1) is 6.17 Å². The summed E-state index contributed by atoms with van der Waals surface area (Å²) < 4.78 is 0. The summed E-state index contributed by atoms with van der Waals surface area (Å²) in [7, 11) is 2.28. The second-order valence-corrected chi connectivity index (χ2v) is 5.26. The quantitative estimate of drug-likeness (QED) is 0.697. The minimum atomic E-state index is 0.709. The lowest BCUT2D eigenvalue weighted by Gasteiger charge is -2.40. The van der Waals surface area contributed by atoms with Crippen molar-refractivity contribution in [1.29, 1.82) is 0 Å². The normalized spacial score (nSPS) is 36.4. The number of hydrogen-bond acceptors (Lipinski definition) is 3. The van der Waals surface area contributed by atoms with E-state index in [2.05, 4.69) is 29.1 Å². The highest BCUT2D eigenvalue weighted by atomic mass is 15.4. The van der Waals surface area contributed by atoms with Crippen molar-refractivity contribution in [2.45, 2.75) is 32.4 Å². The first-order valence-electron chi connectivity index (χ1n) is 6.42. The SMILES string of the molecule is CC1CNCCN(C2CCCCN2C)C1. The van der Waals surface area contributed by atoms with Crippen LogP contribution in [0.15, 0.2) is 0 Å². The molecule has 2 rings (SSSR count). The molecule has 88 valence electrons. The fraction of sp³-hybridized carbons (Fsp3) is 1.00. The third-order valence-electron chi connectivity index (χ3n) is 3.77. The summed E-state index contributed by atoms with van der Waals surface area (Å²) in [6.07, 6.45) is 4.87. The first-order valence-corrected chi connectivity index (χ1v) is 6.42. The van der Waals surface area contributed by atoms with Crippen LogP contribution in [0.2, 0.25) is 0 Å². The minimum absolute atomic E-state index is 0.709. The average Bonchev–Trinajstić information content (AvgIpc) is 2.43. The molecule has 0 radical (unpaired) electrons. The number of likely N-dealkylation sites (tertiary alicyclic amines) is 1. The predicted molar refractivity (Wildman–Crippen MR) is 63.9 cm³/mol. The van der Waals surface area contributed by atoms with E-state index < -0.39 is 0 Å². The van der Waals surface area contributed by atoms with Gasteiger partial charge in [0, 0.05) is 19.6 Å². The van der Waals surface area contributed by atoms with Crippen LogP contribution in [-0.2, 0) is 0 Å². The van der Waals surface area contributed by atoms with E-state index in [4.69, 9.17) is 0 Å². The molecule has 3 nitrogen and oxygen atoms in total. The standard InChI is InChI=1S/C12H25N3/c1-11-9-13-6-8-15(10-11)12-5-3-4-7-14(12)2/h11-13H,3-10H2,1-2H3. The highest BCUT2D eigenvalue weighted by Gasteiger charge is 2.27. The van der Waals surface area contributed by atoms with Gasteiger partial charge < -0.3 is 5.32 Å². The largest absolute Gasteiger partial charge is 0.315 e. The van der Waals surface area contributed by atoms with Crippen molar-refractivity contribution in [2.75, 3.05) is 39.8 Å². The topological polar surface area (TPSA) is 18.5 Å². The molecule has 2 aliphatic rings. The van der Waals surface area contributed by atoms with Crippen molar-refractivity contribution in [1.82, 2.24) is 15.1 Å². The lowest BCUT2D eigenvalue weighted by Crippen LogP contribution is -2.50. The van der Waals surface area contributed by atoms with Crippen LogP contribution in [0.3, 0.4) is 0 Å². The van der Waals surface area contributed by atoms with Gasteiger partial charge in [0.15, 0.2) is 0 Å². The minimum Gasteiger partial charge on any atom is -0.315 e. The van der Waals surface area contributed by atoms with E-state index in [0.717, 1.165) is 12.5 Å². The zero-order chi connectivity index (χ0) is 10.7. The number of hydrogen-bond donors (Lipinski definition) is 1. The third-order valence-corrected chi connectivity index (χ3v) is 3.77. The molecular formula is C12H25N3. The molecule has 0 aromatic heterocycles. The predicted octanol–water partition coefficient (Wildman–Crippen LogP) is 0.970. The van der Waals surface area contributed by atoms with E-state index >= 15 is 0 Å². The van der Waals surface area contributed by atoms with Crippen molar-refractivity contribution in [3.05, 3.63) is 0 Å². The molecule has 2 unspecified atom stereocenters. The Morgan fingerprint density at radius 3 is 2.87 bits per heavy atom. The summed E-state index contributed by atoms with van der Waals surface area (Å²) in [6.45, 7) is 8.47. The summed E-state index contributed by atoms with van der Waals surface area (Å²) in [5, 5.41) is 3.52. The lowest BCUT2D eigenvalue weighted by atomic mass is 10.1. The molecule has 0 aliphatic carbocycles. The Bertz CT molecular complexity index is 195. The molecule has 0 amide bonds. The van der Waals surface area contributed by atoms with Gasteiger partial charge in [-0.2, -0.15) is 0 Å². The Balaban J connectivity index is 1.94. The fourth-order valence-electron chi connectivity index (χ4n) is 2.92. The Hall–Kier alpha value is -0.120. The van der Waals surface area contributed by atoms with Gasteiger partial charge in [0.2, 0.25) is 0 Å². The molecule has 2 saturated heterocycles. The Kier molecular flexibility index (Phi) is 4.00. The molecule has 2 atom stereocenters.